The molecule has 0 saturated heterocycles. The Hall–Kier alpha value is -0.556. The van der Waals surface area contributed by atoms with E-state index in [1.54, 1.807) is 0 Å². The summed E-state index contributed by atoms with van der Waals surface area (Å²) in [6, 6.07) is 0. The summed E-state index contributed by atoms with van der Waals surface area (Å²) in [6.45, 7) is 25.2. The molecule has 0 aliphatic rings. The number of carbonyl (C=O) groups excluding carboxylic acids is 1. The summed E-state index contributed by atoms with van der Waals surface area (Å²) in [5, 5.41) is 0.0390. The van der Waals surface area contributed by atoms with Gasteiger partial charge in [0.25, 0.3) is 16.6 Å². The summed E-state index contributed by atoms with van der Waals surface area (Å²) in [5.41, 5.74) is 0.883. The van der Waals surface area contributed by atoms with Gasteiger partial charge >= 0.3 is 5.97 Å². The monoisotopic (exact) mass is 344 g/mol. The molecule has 0 amide bonds. The smallest absolute Gasteiger partial charge is 0.358 e. The molecule has 0 bridgehead atoms. The molecule has 0 aromatic carbocycles. The zero-order valence-corrected chi connectivity index (χ0v) is 18.7. The van der Waals surface area contributed by atoms with Crippen LogP contribution in [0.25, 0.3) is 0 Å². The third kappa shape index (κ3) is 5.27. The largest absolute Gasteiger partial charge is 0.539 e. The third-order valence-corrected chi connectivity index (χ3v) is 13.6. The molecule has 130 valence electrons. The maximum absolute atomic E-state index is 12.7. The average molecular weight is 345 g/mol. The van der Waals surface area contributed by atoms with Crippen molar-refractivity contribution in [3.05, 3.63) is 11.3 Å². The van der Waals surface area contributed by atoms with Crippen LogP contribution in [0.1, 0.15) is 55.4 Å². The number of rotatable bonds is 4. The molecule has 0 rings (SSSR count). The van der Waals surface area contributed by atoms with Crippen molar-refractivity contribution in [3.8, 4) is 0 Å². The highest BCUT2D eigenvalue weighted by Crippen LogP contribution is 2.40. The summed E-state index contributed by atoms with van der Waals surface area (Å²) >= 11 is 0. The molecule has 0 radical (unpaired) electrons. The Morgan fingerprint density at radius 1 is 0.727 bits per heavy atom. The summed E-state index contributed by atoms with van der Waals surface area (Å²) in [4.78, 5) is 12.7. The second-order valence-electron chi connectivity index (χ2n) is 9.34. The number of allylic oxidation sites excluding steroid dienone is 1. The van der Waals surface area contributed by atoms with Crippen molar-refractivity contribution < 1.29 is 13.6 Å². The van der Waals surface area contributed by atoms with Gasteiger partial charge in [-0.25, -0.2) is 4.79 Å². The predicted molar refractivity (Wildman–Crippen MR) is 99.9 cm³/mol. The van der Waals surface area contributed by atoms with Gasteiger partial charge in [-0.15, -0.1) is 0 Å². The molecule has 0 fully saturated rings. The third-order valence-electron chi connectivity index (χ3n) is 4.96. The molecule has 0 unspecified atom stereocenters. The number of hydrogen-bond acceptors (Lipinski definition) is 3. The molecular weight excluding hydrogens is 308 g/mol. The first-order chi connectivity index (χ1) is 9.42. The molecule has 0 heterocycles. The van der Waals surface area contributed by atoms with Crippen LogP contribution in [0.4, 0.5) is 0 Å². The zero-order chi connectivity index (χ0) is 18.1. The molecule has 5 heteroatoms. The number of carbonyl (C=O) groups is 1. The van der Waals surface area contributed by atoms with E-state index in [0.29, 0.717) is 5.76 Å². The molecule has 0 saturated carbocycles. The first kappa shape index (κ1) is 21.4. The Bertz CT molecular complexity index is 446. The first-order valence-electron chi connectivity index (χ1n) is 8.02. The summed E-state index contributed by atoms with van der Waals surface area (Å²) in [5.74, 6) is 0.118. The quantitative estimate of drug-likeness (QED) is 0.364. The lowest BCUT2D eigenvalue weighted by Crippen LogP contribution is -2.45. The lowest BCUT2D eigenvalue weighted by atomic mass is 10.2. The molecule has 0 aromatic rings. The molecule has 22 heavy (non-hydrogen) atoms. The van der Waals surface area contributed by atoms with E-state index in [4.69, 9.17) is 8.85 Å². The van der Waals surface area contributed by atoms with E-state index in [-0.39, 0.29) is 16.0 Å². The van der Waals surface area contributed by atoms with Crippen molar-refractivity contribution in [2.24, 2.45) is 0 Å². The average Bonchev–Trinajstić information content (AvgIpc) is 2.21. The van der Waals surface area contributed by atoms with E-state index >= 15 is 0 Å². The van der Waals surface area contributed by atoms with Gasteiger partial charge in [-0.1, -0.05) is 41.5 Å². The molecule has 0 spiro atoms. The molecule has 0 aromatic heterocycles. The van der Waals surface area contributed by atoms with Gasteiger partial charge in [0.05, 0.1) is 0 Å². The van der Waals surface area contributed by atoms with Crippen LogP contribution in [-0.2, 0) is 13.6 Å². The summed E-state index contributed by atoms with van der Waals surface area (Å²) in [7, 11) is -4.20. The topological polar surface area (TPSA) is 35.5 Å². The maximum atomic E-state index is 12.7. The van der Waals surface area contributed by atoms with Crippen LogP contribution in [0.2, 0.25) is 36.3 Å². The molecule has 0 aliphatic carbocycles. The fraction of sp³-hybridized carbons (Fsp3) is 0.824. The summed E-state index contributed by atoms with van der Waals surface area (Å²) < 4.78 is 12.2. The van der Waals surface area contributed by atoms with Crippen LogP contribution >= 0.6 is 0 Å². The Kier molecular flexibility index (Phi) is 6.35. The molecular formula is C17H36O3Si2. The van der Waals surface area contributed by atoms with Gasteiger partial charge in [0, 0.05) is 0 Å². The lowest BCUT2D eigenvalue weighted by Gasteiger charge is -2.39. The minimum Gasteiger partial charge on any atom is -0.539 e. The van der Waals surface area contributed by atoms with Crippen LogP contribution in [-0.4, -0.2) is 22.6 Å². The lowest BCUT2D eigenvalue weighted by molar-refractivity contribution is -0.133. The standard InChI is InChI=1S/C17H36O3Si2/c1-13(2)14(19-21(9,10)16(3,4)5)15(18)20-22(11,12)17(6,7)8/h1-12H3. The van der Waals surface area contributed by atoms with Gasteiger partial charge < -0.3 is 8.85 Å². The predicted octanol–water partition coefficient (Wildman–Crippen LogP) is 5.85. The van der Waals surface area contributed by atoms with Gasteiger partial charge in [-0.05, 0) is 55.7 Å². The highest BCUT2D eigenvalue weighted by Gasteiger charge is 2.44. The Morgan fingerprint density at radius 2 is 1.05 bits per heavy atom. The molecule has 0 atom stereocenters. The molecule has 0 aliphatic heterocycles. The highest BCUT2D eigenvalue weighted by atomic mass is 28.4. The van der Waals surface area contributed by atoms with Crippen molar-refractivity contribution in [2.45, 2.75) is 91.7 Å². The Balaban J connectivity index is 5.43. The minimum absolute atomic E-state index is 0.00755. The van der Waals surface area contributed by atoms with E-state index in [1.165, 1.54) is 0 Å². The minimum atomic E-state index is -2.15. The first-order valence-corrected chi connectivity index (χ1v) is 13.8. The molecule has 0 N–H and O–H groups in total. The van der Waals surface area contributed by atoms with Crippen molar-refractivity contribution in [1.29, 1.82) is 0 Å². The SMILES string of the molecule is CC(C)=C(O[Si](C)(C)C(C)(C)C)C(=O)O[Si](C)(C)C(C)(C)C. The van der Waals surface area contributed by atoms with Gasteiger partial charge in [-0.2, -0.15) is 0 Å². The van der Waals surface area contributed by atoms with Gasteiger partial charge in [-0.3, -0.25) is 0 Å². The normalized spacial score (nSPS) is 13.6. The highest BCUT2D eigenvalue weighted by molar-refractivity contribution is 6.76. The van der Waals surface area contributed by atoms with Crippen molar-refractivity contribution >= 4 is 22.6 Å². The van der Waals surface area contributed by atoms with Gasteiger partial charge in [0.15, 0.2) is 5.76 Å². The Labute approximate surface area is 139 Å². The van der Waals surface area contributed by atoms with E-state index in [2.05, 4.69) is 67.7 Å². The Morgan fingerprint density at radius 3 is 1.32 bits per heavy atom. The van der Waals surface area contributed by atoms with Crippen molar-refractivity contribution in [2.75, 3.05) is 0 Å². The van der Waals surface area contributed by atoms with Crippen LogP contribution in [0.5, 0.6) is 0 Å². The van der Waals surface area contributed by atoms with Crippen molar-refractivity contribution in [3.63, 3.8) is 0 Å². The van der Waals surface area contributed by atoms with Crippen molar-refractivity contribution in [1.82, 2.24) is 0 Å². The van der Waals surface area contributed by atoms with Gasteiger partial charge in [0.1, 0.15) is 0 Å². The van der Waals surface area contributed by atoms with Crippen LogP contribution in [0, 0.1) is 0 Å². The zero-order valence-electron chi connectivity index (χ0n) is 16.7. The second kappa shape index (κ2) is 6.51. The van der Waals surface area contributed by atoms with E-state index in [0.717, 1.165) is 5.57 Å². The fourth-order valence-corrected chi connectivity index (χ4v) is 3.15. The van der Waals surface area contributed by atoms with Gasteiger partial charge in [0.2, 0.25) is 0 Å². The van der Waals surface area contributed by atoms with Crippen LogP contribution in [0.15, 0.2) is 11.3 Å². The maximum Gasteiger partial charge on any atom is 0.358 e. The van der Waals surface area contributed by atoms with E-state index in [1.807, 2.05) is 13.8 Å². The van der Waals surface area contributed by atoms with Crippen LogP contribution in [0.3, 0.4) is 0 Å². The second-order valence-corrected chi connectivity index (χ2v) is 18.8. The van der Waals surface area contributed by atoms with E-state index in [9.17, 15) is 4.79 Å². The fourth-order valence-electron chi connectivity index (χ4n) is 1.19. The van der Waals surface area contributed by atoms with E-state index < -0.39 is 16.6 Å². The van der Waals surface area contributed by atoms with Crippen LogP contribution < -0.4 is 0 Å². The summed E-state index contributed by atoms with van der Waals surface area (Å²) in [6.07, 6.45) is 0. The number of hydrogen-bond donors (Lipinski definition) is 0. The molecule has 3 nitrogen and oxygen atoms in total.